The number of hydrogen-bond acceptors (Lipinski definition) is 4. The van der Waals surface area contributed by atoms with Crippen LogP contribution in [0.25, 0.3) is 0 Å². The Hall–Kier alpha value is -2.63. The smallest absolute Gasteiger partial charge is 0.291 e. The van der Waals surface area contributed by atoms with Gasteiger partial charge in [-0.1, -0.05) is 0 Å². The average molecular weight is 513 g/mol. The molecule has 6 heteroatoms. The minimum Gasteiger partial charge on any atom is -0.497 e. The Bertz CT molecular complexity index is 1190. The number of benzene rings is 1. The number of aromatic amines is 1. The van der Waals surface area contributed by atoms with Crippen LogP contribution in [0.4, 0.5) is 0 Å². The molecule has 6 nitrogen and oxygen atoms in total. The first kappa shape index (κ1) is 23.3. The standard InChI is InChI=1S/C32H40N4O2/c1-38-26-4-2-17(3-5-26)16-33-36-32(37)30-29(27-22-8-18-6-19(10-22)11-23(27)9-18)34-31(35-30)28-24-12-20-7-21(14-24)15-25(28)13-20/h2-5,16,18-25,27-28H,6-15H2,1H3,(H,34,35)(H,36,37)/b33-16+. The van der Waals surface area contributed by atoms with Gasteiger partial charge in [0.1, 0.15) is 11.6 Å². The summed E-state index contributed by atoms with van der Waals surface area (Å²) in [6.45, 7) is 0. The lowest BCUT2D eigenvalue weighted by molar-refractivity contribution is -0.00742. The fraction of sp³-hybridized carbons (Fsp3) is 0.656. The molecule has 0 spiro atoms. The highest BCUT2D eigenvalue weighted by atomic mass is 16.5. The van der Waals surface area contributed by atoms with Crippen LogP contribution in [0.1, 0.15) is 104 Å². The maximum atomic E-state index is 13.7. The monoisotopic (exact) mass is 512 g/mol. The molecule has 1 aromatic carbocycles. The summed E-state index contributed by atoms with van der Waals surface area (Å²) in [4.78, 5) is 22.7. The lowest BCUT2D eigenvalue weighted by atomic mass is 9.51. The summed E-state index contributed by atoms with van der Waals surface area (Å²) < 4.78 is 5.24. The van der Waals surface area contributed by atoms with Crippen molar-refractivity contribution in [3.05, 3.63) is 47.0 Å². The number of hydrogen-bond donors (Lipinski definition) is 2. The molecule has 0 aliphatic heterocycles. The van der Waals surface area contributed by atoms with E-state index >= 15 is 0 Å². The van der Waals surface area contributed by atoms with Gasteiger partial charge in [0.2, 0.25) is 0 Å². The highest BCUT2D eigenvalue weighted by Gasteiger charge is 2.52. The Kier molecular flexibility index (Phi) is 5.49. The fourth-order valence-corrected chi connectivity index (χ4v) is 10.7. The van der Waals surface area contributed by atoms with Gasteiger partial charge >= 0.3 is 0 Å². The van der Waals surface area contributed by atoms with E-state index in [-0.39, 0.29) is 5.91 Å². The molecule has 8 aliphatic rings. The quantitative estimate of drug-likeness (QED) is 0.354. The third-order valence-electron chi connectivity index (χ3n) is 11.6. The van der Waals surface area contributed by atoms with E-state index < -0.39 is 0 Å². The lowest BCUT2D eigenvalue weighted by Gasteiger charge is -2.54. The van der Waals surface area contributed by atoms with Crippen LogP contribution in [0.2, 0.25) is 0 Å². The van der Waals surface area contributed by atoms with Crippen molar-refractivity contribution >= 4 is 12.1 Å². The number of amides is 1. The van der Waals surface area contributed by atoms with Gasteiger partial charge in [-0.25, -0.2) is 10.4 Å². The van der Waals surface area contributed by atoms with Gasteiger partial charge in [-0.15, -0.1) is 0 Å². The number of methoxy groups -OCH3 is 1. The first-order chi connectivity index (χ1) is 18.6. The molecule has 8 bridgehead atoms. The van der Waals surface area contributed by atoms with E-state index in [0.29, 0.717) is 29.4 Å². The van der Waals surface area contributed by atoms with E-state index in [2.05, 4.69) is 15.5 Å². The summed E-state index contributed by atoms with van der Waals surface area (Å²) in [7, 11) is 1.66. The maximum Gasteiger partial charge on any atom is 0.291 e. The van der Waals surface area contributed by atoms with Crippen molar-refractivity contribution < 1.29 is 9.53 Å². The molecular formula is C32H40N4O2. The molecule has 0 unspecified atom stereocenters. The van der Waals surface area contributed by atoms with Gasteiger partial charge in [0, 0.05) is 11.8 Å². The van der Waals surface area contributed by atoms with Crippen LogP contribution in [-0.4, -0.2) is 29.2 Å². The highest BCUT2D eigenvalue weighted by molar-refractivity contribution is 5.94. The second-order valence-electron chi connectivity index (χ2n) is 13.8. The van der Waals surface area contributed by atoms with Crippen molar-refractivity contribution in [1.82, 2.24) is 15.4 Å². The summed E-state index contributed by atoms with van der Waals surface area (Å²) >= 11 is 0. The summed E-state index contributed by atoms with van der Waals surface area (Å²) in [5.74, 6) is 9.29. The van der Waals surface area contributed by atoms with E-state index in [1.54, 1.807) is 13.3 Å². The first-order valence-corrected chi connectivity index (χ1v) is 15.2. The zero-order valence-corrected chi connectivity index (χ0v) is 22.4. The topological polar surface area (TPSA) is 79.4 Å². The molecular weight excluding hydrogens is 472 g/mol. The zero-order chi connectivity index (χ0) is 25.4. The van der Waals surface area contributed by atoms with Crippen LogP contribution in [-0.2, 0) is 0 Å². The molecule has 0 radical (unpaired) electrons. The van der Waals surface area contributed by atoms with Gasteiger partial charge in [0.25, 0.3) is 5.91 Å². The average Bonchev–Trinajstić information content (AvgIpc) is 3.32. The van der Waals surface area contributed by atoms with Crippen molar-refractivity contribution in [1.29, 1.82) is 0 Å². The summed E-state index contributed by atoms with van der Waals surface area (Å²) in [6.07, 6.45) is 15.4. The van der Waals surface area contributed by atoms with Crippen LogP contribution in [0, 0.1) is 47.3 Å². The molecule has 38 heavy (non-hydrogen) atoms. The van der Waals surface area contributed by atoms with E-state index in [1.807, 2.05) is 24.3 Å². The molecule has 1 heterocycles. The minimum atomic E-state index is -0.162. The predicted molar refractivity (Wildman–Crippen MR) is 146 cm³/mol. The zero-order valence-electron chi connectivity index (χ0n) is 22.4. The number of carbonyl (C=O) groups is 1. The number of H-pyrrole nitrogens is 1. The molecule has 8 aliphatic carbocycles. The number of hydrazone groups is 1. The molecule has 8 saturated carbocycles. The van der Waals surface area contributed by atoms with Crippen LogP contribution in [0.3, 0.4) is 0 Å². The van der Waals surface area contributed by atoms with Crippen molar-refractivity contribution in [2.45, 2.75) is 76.0 Å². The van der Waals surface area contributed by atoms with Crippen LogP contribution < -0.4 is 10.2 Å². The number of nitrogens with one attached hydrogen (secondary N) is 2. The summed E-state index contributed by atoms with van der Waals surface area (Å²) in [5.41, 5.74) is 5.52. The number of nitrogens with zero attached hydrogens (tertiary/aromatic N) is 2. The summed E-state index contributed by atoms with van der Waals surface area (Å²) in [5, 5.41) is 4.33. The molecule has 2 N–H and O–H groups in total. The van der Waals surface area contributed by atoms with E-state index in [4.69, 9.17) is 9.72 Å². The van der Waals surface area contributed by atoms with Gasteiger partial charge in [0.05, 0.1) is 19.0 Å². The van der Waals surface area contributed by atoms with Crippen molar-refractivity contribution in [2.75, 3.05) is 7.11 Å². The van der Waals surface area contributed by atoms with E-state index in [9.17, 15) is 4.79 Å². The second-order valence-corrected chi connectivity index (χ2v) is 13.8. The van der Waals surface area contributed by atoms with Gasteiger partial charge in [-0.3, -0.25) is 4.79 Å². The fourth-order valence-electron chi connectivity index (χ4n) is 10.7. The van der Waals surface area contributed by atoms with Crippen molar-refractivity contribution in [3.63, 3.8) is 0 Å². The van der Waals surface area contributed by atoms with E-state index in [0.717, 1.165) is 58.3 Å². The Morgan fingerprint density at radius 3 is 1.89 bits per heavy atom. The van der Waals surface area contributed by atoms with Crippen LogP contribution in [0.5, 0.6) is 5.75 Å². The number of imidazole rings is 1. The number of rotatable bonds is 6. The molecule has 200 valence electrons. The molecule has 1 aromatic heterocycles. The first-order valence-electron chi connectivity index (χ1n) is 15.2. The lowest BCUT2D eigenvalue weighted by Crippen LogP contribution is -2.44. The van der Waals surface area contributed by atoms with Crippen LogP contribution in [0.15, 0.2) is 29.4 Å². The Morgan fingerprint density at radius 2 is 1.37 bits per heavy atom. The SMILES string of the molecule is COc1ccc(/C=N/NC(=O)c2nc(C3C4CC5CC(C4)CC3C5)[nH]c2C2C3CC4CC(C3)CC2C4)cc1. The summed E-state index contributed by atoms with van der Waals surface area (Å²) in [6, 6.07) is 7.68. The molecule has 8 fully saturated rings. The second kappa shape index (κ2) is 8.96. The van der Waals surface area contributed by atoms with Crippen LogP contribution >= 0.6 is 0 Å². The number of aromatic nitrogens is 2. The van der Waals surface area contributed by atoms with E-state index in [1.165, 1.54) is 64.2 Å². The predicted octanol–water partition coefficient (Wildman–Crippen LogP) is 6.26. The Labute approximate surface area is 225 Å². The normalized spacial score (nSPS) is 40.2. The molecule has 1 amide bonds. The molecule has 2 aromatic rings. The van der Waals surface area contributed by atoms with Crippen molar-refractivity contribution in [2.24, 2.45) is 52.4 Å². The van der Waals surface area contributed by atoms with Gasteiger partial charge < -0.3 is 9.72 Å². The molecule has 0 saturated heterocycles. The van der Waals surface area contributed by atoms with Gasteiger partial charge in [-0.2, -0.15) is 5.10 Å². The van der Waals surface area contributed by atoms with Gasteiger partial charge in [-0.05, 0) is 141 Å². The highest BCUT2D eigenvalue weighted by Crippen LogP contribution is 2.62. The number of ether oxygens (including phenoxy) is 1. The maximum absolute atomic E-state index is 13.7. The molecule has 10 rings (SSSR count). The molecule has 0 atom stereocenters. The third-order valence-corrected chi connectivity index (χ3v) is 11.6. The van der Waals surface area contributed by atoms with Crippen molar-refractivity contribution in [3.8, 4) is 5.75 Å². The minimum absolute atomic E-state index is 0.162. The largest absolute Gasteiger partial charge is 0.497 e. The Balaban J connectivity index is 1.10. The Morgan fingerprint density at radius 1 is 0.842 bits per heavy atom. The third kappa shape index (κ3) is 3.84. The van der Waals surface area contributed by atoms with Gasteiger partial charge in [0.15, 0.2) is 5.69 Å². The number of carbonyl (C=O) groups excluding carboxylic acids is 1.